The van der Waals surface area contributed by atoms with Gasteiger partial charge in [-0.15, -0.1) is 0 Å². The summed E-state index contributed by atoms with van der Waals surface area (Å²) in [4.78, 5) is 38.9. The fourth-order valence-electron chi connectivity index (χ4n) is 4.82. The van der Waals surface area contributed by atoms with Gasteiger partial charge in [-0.2, -0.15) is 0 Å². The van der Waals surface area contributed by atoms with Crippen LogP contribution in [-0.2, 0) is 9.59 Å². The van der Waals surface area contributed by atoms with E-state index in [4.69, 9.17) is 23.2 Å². The standard InChI is InChI=1S/C23H36Cl2N4O3/c1-16(24)8-20(25)9-17(2)29-18(3)10-28(11-19(29)4)13-23(7,14-30)12-22(5,6)27-21(32)26-15-31/h8-9,14-15,18-19H,1,10-13H2,2-7H3,(H2,26,27,31,32)/b17-9+,20-8+/t18-,19-,23?/m0/s1. The number of nitrogens with zero attached hydrogens (tertiary/aromatic N) is 2. The number of amides is 3. The first-order valence-electron chi connectivity index (χ1n) is 10.6. The third-order valence-electron chi connectivity index (χ3n) is 5.40. The molecule has 180 valence electrons. The lowest BCUT2D eigenvalue weighted by atomic mass is 9.78. The van der Waals surface area contributed by atoms with E-state index >= 15 is 0 Å². The molecule has 1 saturated heterocycles. The van der Waals surface area contributed by atoms with Crippen LogP contribution in [0.1, 0.15) is 48.0 Å². The molecule has 1 aliphatic rings. The molecule has 1 fully saturated rings. The van der Waals surface area contributed by atoms with Gasteiger partial charge in [-0.3, -0.25) is 15.0 Å². The lowest BCUT2D eigenvalue weighted by Gasteiger charge is -2.48. The molecule has 0 aromatic rings. The molecular formula is C23H36Cl2N4O3. The van der Waals surface area contributed by atoms with E-state index in [-0.39, 0.29) is 12.1 Å². The number of urea groups is 1. The Balaban J connectivity index is 2.89. The summed E-state index contributed by atoms with van der Waals surface area (Å²) in [6.45, 7) is 17.6. The maximum absolute atomic E-state index is 12.1. The van der Waals surface area contributed by atoms with E-state index in [1.54, 1.807) is 6.08 Å². The van der Waals surface area contributed by atoms with Crippen LogP contribution in [0.4, 0.5) is 4.79 Å². The summed E-state index contributed by atoms with van der Waals surface area (Å²) >= 11 is 12.1. The summed E-state index contributed by atoms with van der Waals surface area (Å²) in [6, 6.07) is -0.167. The first-order valence-corrected chi connectivity index (χ1v) is 11.4. The number of nitrogens with one attached hydrogen (secondary N) is 2. The predicted molar refractivity (Wildman–Crippen MR) is 130 cm³/mol. The van der Waals surface area contributed by atoms with Crippen LogP contribution in [0.15, 0.2) is 34.5 Å². The molecule has 0 saturated carbocycles. The summed E-state index contributed by atoms with van der Waals surface area (Å²) in [7, 11) is 0. The van der Waals surface area contributed by atoms with E-state index < -0.39 is 17.0 Å². The van der Waals surface area contributed by atoms with Gasteiger partial charge in [0.05, 0.1) is 0 Å². The number of allylic oxidation sites excluding steroid dienone is 5. The number of imide groups is 1. The van der Waals surface area contributed by atoms with E-state index in [9.17, 15) is 14.4 Å². The first kappa shape index (κ1) is 28.2. The highest BCUT2D eigenvalue weighted by molar-refractivity contribution is 6.35. The van der Waals surface area contributed by atoms with E-state index in [1.165, 1.54) is 0 Å². The molecule has 0 aromatic heterocycles. The lowest BCUT2D eigenvalue weighted by molar-refractivity contribution is -0.118. The van der Waals surface area contributed by atoms with Gasteiger partial charge in [-0.25, -0.2) is 4.79 Å². The second kappa shape index (κ2) is 11.9. The van der Waals surface area contributed by atoms with Crippen LogP contribution in [0.25, 0.3) is 0 Å². The quantitative estimate of drug-likeness (QED) is 0.360. The van der Waals surface area contributed by atoms with E-state index in [2.05, 4.69) is 40.9 Å². The fourth-order valence-corrected chi connectivity index (χ4v) is 5.28. The second-order valence-corrected chi connectivity index (χ2v) is 10.5. The third kappa shape index (κ3) is 8.96. The maximum atomic E-state index is 12.1. The van der Waals surface area contributed by atoms with Gasteiger partial charge in [0.25, 0.3) is 0 Å². The molecule has 0 spiro atoms. The largest absolute Gasteiger partial charge is 0.367 e. The zero-order chi connectivity index (χ0) is 24.7. The Morgan fingerprint density at radius 1 is 1.12 bits per heavy atom. The van der Waals surface area contributed by atoms with Crippen LogP contribution in [0.2, 0.25) is 0 Å². The molecule has 0 bridgehead atoms. The van der Waals surface area contributed by atoms with Gasteiger partial charge in [-0.05, 0) is 53.2 Å². The lowest BCUT2D eigenvalue weighted by Crippen LogP contribution is -2.58. The Kier molecular flexibility index (Phi) is 10.5. The molecule has 2 N–H and O–H groups in total. The highest BCUT2D eigenvalue weighted by atomic mass is 35.5. The summed E-state index contributed by atoms with van der Waals surface area (Å²) in [5.74, 6) is 0. The summed E-state index contributed by atoms with van der Waals surface area (Å²) in [5, 5.41) is 5.71. The van der Waals surface area contributed by atoms with Gasteiger partial charge < -0.3 is 15.0 Å². The minimum Gasteiger partial charge on any atom is -0.367 e. The summed E-state index contributed by atoms with van der Waals surface area (Å²) in [5.41, 5.74) is -0.304. The van der Waals surface area contributed by atoms with Crippen molar-refractivity contribution >= 4 is 41.9 Å². The predicted octanol–water partition coefficient (Wildman–Crippen LogP) is 3.99. The number of halogens is 2. The van der Waals surface area contributed by atoms with Gasteiger partial charge in [-0.1, -0.05) is 36.7 Å². The monoisotopic (exact) mass is 486 g/mol. The van der Waals surface area contributed by atoms with Crippen molar-refractivity contribution in [2.45, 2.75) is 65.6 Å². The Morgan fingerprint density at radius 3 is 2.16 bits per heavy atom. The molecular weight excluding hydrogens is 451 g/mol. The van der Waals surface area contributed by atoms with Crippen LogP contribution < -0.4 is 10.6 Å². The Labute approximate surface area is 201 Å². The number of rotatable bonds is 10. The molecule has 1 heterocycles. The van der Waals surface area contributed by atoms with Crippen LogP contribution in [-0.4, -0.2) is 65.8 Å². The molecule has 1 unspecified atom stereocenters. The highest BCUT2D eigenvalue weighted by Gasteiger charge is 2.38. The van der Waals surface area contributed by atoms with Crippen molar-refractivity contribution in [2.24, 2.45) is 5.41 Å². The third-order valence-corrected chi connectivity index (χ3v) is 5.73. The van der Waals surface area contributed by atoms with Crippen LogP contribution in [0.5, 0.6) is 0 Å². The molecule has 9 heteroatoms. The van der Waals surface area contributed by atoms with E-state index in [0.717, 1.165) is 25.1 Å². The smallest absolute Gasteiger partial charge is 0.321 e. The van der Waals surface area contributed by atoms with Crippen molar-refractivity contribution in [3.05, 3.63) is 34.5 Å². The van der Waals surface area contributed by atoms with Crippen LogP contribution >= 0.6 is 23.2 Å². The highest BCUT2D eigenvalue weighted by Crippen LogP contribution is 2.30. The minimum atomic E-state index is -0.670. The number of hydrogen-bond donors (Lipinski definition) is 2. The molecule has 0 radical (unpaired) electrons. The number of carbonyl (C=O) groups excluding carboxylic acids is 3. The van der Waals surface area contributed by atoms with Crippen molar-refractivity contribution in [3.63, 3.8) is 0 Å². The number of carbonyl (C=O) groups is 3. The van der Waals surface area contributed by atoms with Crippen LogP contribution in [0, 0.1) is 5.41 Å². The van der Waals surface area contributed by atoms with Crippen molar-refractivity contribution in [1.82, 2.24) is 20.4 Å². The van der Waals surface area contributed by atoms with Crippen molar-refractivity contribution < 1.29 is 14.4 Å². The first-order chi connectivity index (χ1) is 14.7. The van der Waals surface area contributed by atoms with Crippen molar-refractivity contribution in [2.75, 3.05) is 19.6 Å². The Hall–Kier alpha value is -1.83. The zero-order valence-corrected chi connectivity index (χ0v) is 21.4. The summed E-state index contributed by atoms with van der Waals surface area (Å²) < 4.78 is 0. The Morgan fingerprint density at radius 2 is 1.69 bits per heavy atom. The molecule has 0 aromatic carbocycles. The van der Waals surface area contributed by atoms with E-state index in [0.29, 0.717) is 29.4 Å². The fraction of sp³-hybridized carbons (Fsp3) is 0.609. The molecule has 1 rings (SSSR count). The average Bonchev–Trinajstić information content (AvgIpc) is 2.59. The van der Waals surface area contributed by atoms with Gasteiger partial charge >= 0.3 is 6.03 Å². The van der Waals surface area contributed by atoms with Gasteiger partial charge in [0.1, 0.15) is 6.29 Å². The molecule has 3 amide bonds. The maximum Gasteiger partial charge on any atom is 0.321 e. The average molecular weight is 487 g/mol. The van der Waals surface area contributed by atoms with Gasteiger partial charge in [0.2, 0.25) is 6.41 Å². The number of aldehydes is 1. The van der Waals surface area contributed by atoms with Crippen LogP contribution in [0.3, 0.4) is 0 Å². The number of hydrogen-bond acceptors (Lipinski definition) is 5. The molecule has 1 aliphatic heterocycles. The second-order valence-electron chi connectivity index (χ2n) is 9.61. The molecule has 7 nitrogen and oxygen atoms in total. The van der Waals surface area contributed by atoms with Gasteiger partial charge in [0, 0.05) is 58.4 Å². The van der Waals surface area contributed by atoms with Crippen molar-refractivity contribution in [3.8, 4) is 0 Å². The SMILES string of the molecule is C=C(Cl)/C=C(Cl)\C=C(/C)N1[C@@H](C)CN(CC(C)(C=O)CC(C)(C)NC(=O)NC=O)C[C@@H]1C. The molecule has 0 aliphatic carbocycles. The van der Waals surface area contributed by atoms with E-state index in [1.807, 2.05) is 33.8 Å². The van der Waals surface area contributed by atoms with Gasteiger partial charge in [0.15, 0.2) is 0 Å². The molecule has 3 atom stereocenters. The zero-order valence-electron chi connectivity index (χ0n) is 19.9. The number of piperazine rings is 1. The summed E-state index contributed by atoms with van der Waals surface area (Å²) in [6.07, 6.45) is 5.22. The van der Waals surface area contributed by atoms with Crippen molar-refractivity contribution in [1.29, 1.82) is 0 Å². The minimum absolute atomic E-state index is 0.207. The Bertz CT molecular complexity index is 769. The topological polar surface area (TPSA) is 81.8 Å². The normalized spacial score (nSPS) is 22.7. The molecule has 32 heavy (non-hydrogen) atoms.